The van der Waals surface area contributed by atoms with Crippen LogP contribution in [0.2, 0.25) is 0 Å². The molecule has 19 heavy (non-hydrogen) atoms. The lowest BCUT2D eigenvalue weighted by molar-refractivity contribution is -0.384. The molecule has 2 atom stereocenters. The Morgan fingerprint density at radius 1 is 1.37 bits per heavy atom. The van der Waals surface area contributed by atoms with Gasteiger partial charge in [-0.05, 0) is 42.7 Å². The van der Waals surface area contributed by atoms with E-state index in [9.17, 15) is 10.1 Å². The Bertz CT molecular complexity index is 497. The van der Waals surface area contributed by atoms with Crippen molar-refractivity contribution in [1.29, 1.82) is 0 Å². The molecule has 2 rings (SSSR count). The summed E-state index contributed by atoms with van der Waals surface area (Å²) in [6, 6.07) is 5.56. The van der Waals surface area contributed by atoms with E-state index in [0.717, 1.165) is 18.4 Å². The number of hydrogen-bond acceptors (Lipinski definition) is 3. The molecule has 4 heteroatoms. The van der Waals surface area contributed by atoms with Gasteiger partial charge in [0.05, 0.1) is 4.92 Å². The fourth-order valence-electron chi connectivity index (χ4n) is 3.21. The van der Waals surface area contributed by atoms with Crippen LogP contribution in [0.3, 0.4) is 0 Å². The molecule has 0 spiro atoms. The monoisotopic (exact) mass is 262 g/mol. The van der Waals surface area contributed by atoms with Crippen LogP contribution in [0.25, 0.3) is 0 Å². The van der Waals surface area contributed by atoms with Crippen LogP contribution in [0.4, 0.5) is 11.4 Å². The summed E-state index contributed by atoms with van der Waals surface area (Å²) in [5.41, 5.74) is 2.18. The van der Waals surface area contributed by atoms with Crippen molar-refractivity contribution >= 4 is 11.4 Å². The largest absolute Gasteiger partial charge is 0.376 e. The van der Waals surface area contributed by atoms with Crippen molar-refractivity contribution in [1.82, 2.24) is 0 Å². The minimum absolute atomic E-state index is 0.169. The molecule has 0 bridgehead atoms. The van der Waals surface area contributed by atoms with Gasteiger partial charge in [-0.1, -0.05) is 26.8 Å². The number of nitrogens with one attached hydrogen (secondary N) is 1. The number of nitrogens with zero attached hydrogens (tertiary/aromatic N) is 1. The number of anilines is 1. The smallest absolute Gasteiger partial charge is 0.292 e. The standard InChI is InChI=1S/C15H22N2O2/c1-10-5-6-14(17(18)19)12(7-10)16-13-9-15(3,4)8-11(13)2/h5-7,11,13,16H,8-9H2,1-4H3. The molecule has 4 nitrogen and oxygen atoms in total. The first-order chi connectivity index (χ1) is 8.78. The van der Waals surface area contributed by atoms with Gasteiger partial charge >= 0.3 is 0 Å². The number of benzene rings is 1. The van der Waals surface area contributed by atoms with E-state index in [0.29, 0.717) is 23.1 Å². The molecule has 1 N–H and O–H groups in total. The second-order valence-corrected chi connectivity index (χ2v) is 6.58. The number of nitro benzene ring substituents is 1. The number of aryl methyl sites for hydroxylation is 1. The average Bonchev–Trinajstić information content (AvgIpc) is 2.51. The number of nitro groups is 1. The minimum Gasteiger partial charge on any atom is -0.376 e. The second-order valence-electron chi connectivity index (χ2n) is 6.58. The summed E-state index contributed by atoms with van der Waals surface area (Å²) in [5.74, 6) is 0.537. The Morgan fingerprint density at radius 2 is 2.05 bits per heavy atom. The van der Waals surface area contributed by atoms with Gasteiger partial charge in [-0.3, -0.25) is 10.1 Å². The predicted octanol–water partition coefficient (Wildman–Crippen LogP) is 4.14. The summed E-state index contributed by atoms with van der Waals surface area (Å²) in [6.07, 6.45) is 2.21. The van der Waals surface area contributed by atoms with Gasteiger partial charge in [0.1, 0.15) is 5.69 Å². The summed E-state index contributed by atoms with van der Waals surface area (Å²) in [4.78, 5) is 10.8. The maximum absolute atomic E-state index is 11.1. The van der Waals surface area contributed by atoms with E-state index in [1.807, 2.05) is 13.0 Å². The Labute approximate surface area is 114 Å². The van der Waals surface area contributed by atoms with E-state index in [2.05, 4.69) is 26.1 Å². The van der Waals surface area contributed by atoms with Gasteiger partial charge in [0, 0.05) is 12.1 Å². The maximum Gasteiger partial charge on any atom is 0.292 e. The third kappa shape index (κ3) is 3.06. The highest BCUT2D eigenvalue weighted by Gasteiger charge is 2.37. The highest BCUT2D eigenvalue weighted by Crippen LogP contribution is 2.42. The van der Waals surface area contributed by atoms with Gasteiger partial charge in [0.2, 0.25) is 0 Å². The molecule has 0 aromatic heterocycles. The molecular weight excluding hydrogens is 240 g/mol. The Kier molecular flexibility index (Phi) is 3.52. The number of hydrogen-bond donors (Lipinski definition) is 1. The summed E-state index contributed by atoms with van der Waals surface area (Å²) >= 11 is 0. The molecule has 0 radical (unpaired) electrons. The van der Waals surface area contributed by atoms with Crippen molar-refractivity contribution in [2.45, 2.75) is 46.6 Å². The summed E-state index contributed by atoms with van der Waals surface area (Å²) in [5, 5.41) is 14.5. The third-order valence-corrected chi connectivity index (χ3v) is 4.02. The molecule has 1 fully saturated rings. The highest BCUT2D eigenvalue weighted by molar-refractivity contribution is 5.63. The van der Waals surface area contributed by atoms with Crippen LogP contribution in [0.1, 0.15) is 39.2 Å². The van der Waals surface area contributed by atoms with E-state index < -0.39 is 0 Å². The van der Waals surface area contributed by atoms with Gasteiger partial charge in [-0.25, -0.2) is 0 Å². The van der Waals surface area contributed by atoms with Crippen LogP contribution in [0.5, 0.6) is 0 Å². The molecule has 0 heterocycles. The molecule has 2 unspecified atom stereocenters. The lowest BCUT2D eigenvalue weighted by Crippen LogP contribution is -2.23. The fourth-order valence-corrected chi connectivity index (χ4v) is 3.21. The molecule has 1 saturated carbocycles. The molecule has 1 aliphatic carbocycles. The van der Waals surface area contributed by atoms with Crippen LogP contribution in [-0.2, 0) is 0 Å². The fraction of sp³-hybridized carbons (Fsp3) is 0.600. The minimum atomic E-state index is -0.313. The van der Waals surface area contributed by atoms with Crippen LogP contribution in [0.15, 0.2) is 18.2 Å². The zero-order chi connectivity index (χ0) is 14.2. The van der Waals surface area contributed by atoms with Crippen molar-refractivity contribution in [3.63, 3.8) is 0 Å². The third-order valence-electron chi connectivity index (χ3n) is 4.02. The van der Waals surface area contributed by atoms with Crippen LogP contribution in [0, 0.1) is 28.4 Å². The van der Waals surface area contributed by atoms with E-state index >= 15 is 0 Å². The van der Waals surface area contributed by atoms with Crippen molar-refractivity contribution < 1.29 is 4.92 Å². The Morgan fingerprint density at radius 3 is 2.58 bits per heavy atom. The first-order valence-electron chi connectivity index (χ1n) is 6.80. The zero-order valence-electron chi connectivity index (χ0n) is 12.1. The second kappa shape index (κ2) is 4.83. The van der Waals surface area contributed by atoms with Crippen molar-refractivity contribution in [3.05, 3.63) is 33.9 Å². The van der Waals surface area contributed by atoms with E-state index in [1.165, 1.54) is 0 Å². The van der Waals surface area contributed by atoms with Crippen LogP contribution >= 0.6 is 0 Å². The number of rotatable bonds is 3. The molecule has 1 aromatic carbocycles. The predicted molar refractivity (Wildman–Crippen MR) is 77.4 cm³/mol. The summed E-state index contributed by atoms with van der Waals surface area (Å²) < 4.78 is 0. The van der Waals surface area contributed by atoms with Gasteiger partial charge in [-0.15, -0.1) is 0 Å². The van der Waals surface area contributed by atoms with Gasteiger partial charge < -0.3 is 5.32 Å². The molecule has 0 aliphatic heterocycles. The lowest BCUT2D eigenvalue weighted by Gasteiger charge is -2.20. The van der Waals surface area contributed by atoms with Crippen molar-refractivity contribution in [2.24, 2.45) is 11.3 Å². The van der Waals surface area contributed by atoms with Crippen molar-refractivity contribution in [2.75, 3.05) is 5.32 Å². The molecular formula is C15H22N2O2. The Hall–Kier alpha value is -1.58. The molecule has 104 valence electrons. The topological polar surface area (TPSA) is 55.2 Å². The molecule has 1 aromatic rings. The molecule has 0 saturated heterocycles. The first kappa shape index (κ1) is 13.8. The maximum atomic E-state index is 11.1. The van der Waals surface area contributed by atoms with E-state index in [-0.39, 0.29) is 10.6 Å². The highest BCUT2D eigenvalue weighted by atomic mass is 16.6. The molecule has 0 amide bonds. The van der Waals surface area contributed by atoms with Crippen molar-refractivity contribution in [3.8, 4) is 0 Å². The zero-order valence-corrected chi connectivity index (χ0v) is 12.1. The van der Waals surface area contributed by atoms with Crippen LogP contribution < -0.4 is 5.32 Å². The summed E-state index contributed by atoms with van der Waals surface area (Å²) in [7, 11) is 0. The normalized spacial score (nSPS) is 25.3. The van der Waals surface area contributed by atoms with E-state index in [1.54, 1.807) is 12.1 Å². The molecule has 1 aliphatic rings. The average molecular weight is 262 g/mol. The van der Waals surface area contributed by atoms with E-state index in [4.69, 9.17) is 0 Å². The first-order valence-corrected chi connectivity index (χ1v) is 6.80. The van der Waals surface area contributed by atoms with Gasteiger partial charge in [0.15, 0.2) is 0 Å². The quantitative estimate of drug-likeness (QED) is 0.658. The lowest BCUT2D eigenvalue weighted by atomic mass is 9.91. The van der Waals surface area contributed by atoms with Gasteiger partial charge in [-0.2, -0.15) is 0 Å². The SMILES string of the molecule is Cc1ccc([N+](=O)[O-])c(NC2CC(C)(C)CC2C)c1. The van der Waals surface area contributed by atoms with Gasteiger partial charge in [0.25, 0.3) is 5.69 Å². The Balaban J connectivity index is 2.24. The van der Waals surface area contributed by atoms with Crippen LogP contribution in [-0.4, -0.2) is 11.0 Å². The summed E-state index contributed by atoms with van der Waals surface area (Å²) in [6.45, 7) is 8.69.